The van der Waals surface area contributed by atoms with E-state index in [1.54, 1.807) is 0 Å². The Labute approximate surface area is 90.3 Å². The molecule has 0 bridgehead atoms. The second-order valence-corrected chi connectivity index (χ2v) is 4.70. The van der Waals surface area contributed by atoms with Gasteiger partial charge in [-0.25, -0.2) is 0 Å². The lowest BCUT2D eigenvalue weighted by molar-refractivity contribution is 0.245. The molecule has 3 heterocycles. The topological polar surface area (TPSA) is 33.1 Å². The lowest BCUT2D eigenvalue weighted by Crippen LogP contribution is -2.33. The summed E-state index contributed by atoms with van der Waals surface area (Å²) in [7, 11) is 1.98. The van der Waals surface area contributed by atoms with Crippen LogP contribution in [0.5, 0.6) is 0 Å². The van der Waals surface area contributed by atoms with Gasteiger partial charge in [-0.1, -0.05) is 0 Å². The van der Waals surface area contributed by atoms with Gasteiger partial charge in [0, 0.05) is 44.0 Å². The maximum Gasteiger partial charge on any atom is 0.0534 e. The fourth-order valence-corrected chi connectivity index (χ4v) is 2.94. The molecule has 0 aromatic carbocycles. The predicted molar refractivity (Wildman–Crippen MR) is 58.4 cm³/mol. The van der Waals surface area contributed by atoms with Crippen molar-refractivity contribution in [2.75, 3.05) is 13.1 Å². The van der Waals surface area contributed by atoms with E-state index >= 15 is 0 Å². The first kappa shape index (κ1) is 9.36. The zero-order valence-corrected chi connectivity index (χ0v) is 9.19. The summed E-state index contributed by atoms with van der Waals surface area (Å²) in [6.07, 6.45) is 6.72. The molecule has 0 radical (unpaired) electrons. The molecule has 15 heavy (non-hydrogen) atoms. The first-order valence-electron chi connectivity index (χ1n) is 5.78. The van der Waals surface area contributed by atoms with E-state index < -0.39 is 0 Å². The summed E-state index contributed by atoms with van der Waals surface area (Å²) in [5.74, 6) is 0. The van der Waals surface area contributed by atoms with Gasteiger partial charge >= 0.3 is 0 Å². The van der Waals surface area contributed by atoms with Crippen LogP contribution in [0.3, 0.4) is 0 Å². The summed E-state index contributed by atoms with van der Waals surface area (Å²) in [6, 6.07) is 1.52. The van der Waals surface area contributed by atoms with Gasteiger partial charge in [-0.15, -0.1) is 0 Å². The molecule has 1 aromatic heterocycles. The zero-order valence-electron chi connectivity index (χ0n) is 9.19. The molecule has 2 saturated heterocycles. The lowest BCUT2D eigenvalue weighted by Gasteiger charge is -2.22. The summed E-state index contributed by atoms with van der Waals surface area (Å²) in [5.41, 5.74) is 1.34. The highest BCUT2D eigenvalue weighted by atomic mass is 15.3. The SMILES string of the molecule is Cn1cc(CN2CC[C@H]3NCC[C@H]32)cn1. The number of hydrogen-bond acceptors (Lipinski definition) is 3. The van der Waals surface area contributed by atoms with E-state index in [-0.39, 0.29) is 0 Å². The van der Waals surface area contributed by atoms with Crippen LogP contribution in [-0.4, -0.2) is 39.9 Å². The molecule has 1 N–H and O–H groups in total. The quantitative estimate of drug-likeness (QED) is 0.758. The van der Waals surface area contributed by atoms with E-state index in [2.05, 4.69) is 21.5 Å². The molecule has 1 aromatic rings. The number of aryl methyl sites for hydroxylation is 1. The molecule has 2 aliphatic rings. The van der Waals surface area contributed by atoms with Crippen LogP contribution < -0.4 is 5.32 Å². The summed E-state index contributed by atoms with van der Waals surface area (Å²) in [6.45, 7) is 3.49. The van der Waals surface area contributed by atoms with Crippen LogP contribution in [0.15, 0.2) is 12.4 Å². The largest absolute Gasteiger partial charge is 0.312 e. The van der Waals surface area contributed by atoms with Crippen LogP contribution >= 0.6 is 0 Å². The Kier molecular flexibility index (Phi) is 2.25. The van der Waals surface area contributed by atoms with Gasteiger partial charge in [0.15, 0.2) is 0 Å². The summed E-state index contributed by atoms with van der Waals surface area (Å²) < 4.78 is 1.88. The highest BCUT2D eigenvalue weighted by Gasteiger charge is 2.36. The number of aromatic nitrogens is 2. The van der Waals surface area contributed by atoms with Gasteiger partial charge in [0.25, 0.3) is 0 Å². The average molecular weight is 206 g/mol. The Balaban J connectivity index is 1.68. The number of fused-ring (bicyclic) bond motifs is 1. The normalized spacial score (nSPS) is 31.0. The zero-order chi connectivity index (χ0) is 10.3. The van der Waals surface area contributed by atoms with Crippen LogP contribution in [0.25, 0.3) is 0 Å². The molecular formula is C11H18N4. The third kappa shape index (κ3) is 1.68. The Hall–Kier alpha value is -0.870. The molecule has 0 saturated carbocycles. The van der Waals surface area contributed by atoms with Crippen molar-refractivity contribution >= 4 is 0 Å². The molecule has 3 rings (SSSR count). The lowest BCUT2D eigenvalue weighted by atomic mass is 10.1. The van der Waals surface area contributed by atoms with E-state index in [4.69, 9.17) is 0 Å². The first-order valence-corrected chi connectivity index (χ1v) is 5.78. The Morgan fingerprint density at radius 2 is 2.47 bits per heavy atom. The van der Waals surface area contributed by atoms with Gasteiger partial charge in [-0.2, -0.15) is 5.10 Å². The van der Waals surface area contributed by atoms with E-state index in [0.29, 0.717) is 0 Å². The molecule has 2 aliphatic heterocycles. The maximum absolute atomic E-state index is 4.22. The average Bonchev–Trinajstić information content (AvgIpc) is 2.85. The number of rotatable bonds is 2. The minimum absolute atomic E-state index is 0.752. The second kappa shape index (κ2) is 3.61. The van der Waals surface area contributed by atoms with Crippen LogP contribution in [-0.2, 0) is 13.6 Å². The molecule has 2 fully saturated rings. The fraction of sp³-hybridized carbons (Fsp3) is 0.727. The highest BCUT2D eigenvalue weighted by molar-refractivity contribution is 5.06. The second-order valence-electron chi connectivity index (χ2n) is 4.70. The number of hydrogen-bond donors (Lipinski definition) is 1. The van der Waals surface area contributed by atoms with E-state index in [1.165, 1.54) is 31.5 Å². The molecule has 2 atom stereocenters. The van der Waals surface area contributed by atoms with Crippen LogP contribution in [0.2, 0.25) is 0 Å². The molecule has 0 spiro atoms. The molecule has 4 heteroatoms. The maximum atomic E-state index is 4.22. The van der Waals surface area contributed by atoms with E-state index in [1.807, 2.05) is 17.9 Å². The van der Waals surface area contributed by atoms with Crippen molar-refractivity contribution in [2.24, 2.45) is 7.05 Å². The van der Waals surface area contributed by atoms with Crippen molar-refractivity contribution in [3.8, 4) is 0 Å². The highest BCUT2D eigenvalue weighted by Crippen LogP contribution is 2.26. The minimum Gasteiger partial charge on any atom is -0.312 e. The Morgan fingerprint density at radius 3 is 3.27 bits per heavy atom. The number of nitrogens with zero attached hydrogens (tertiary/aromatic N) is 3. The van der Waals surface area contributed by atoms with Crippen molar-refractivity contribution in [3.05, 3.63) is 18.0 Å². The van der Waals surface area contributed by atoms with Crippen LogP contribution in [0.4, 0.5) is 0 Å². The first-order chi connectivity index (χ1) is 7.33. The van der Waals surface area contributed by atoms with Crippen molar-refractivity contribution in [1.82, 2.24) is 20.0 Å². The number of nitrogens with one attached hydrogen (secondary N) is 1. The minimum atomic E-state index is 0.752. The van der Waals surface area contributed by atoms with Crippen molar-refractivity contribution in [1.29, 1.82) is 0 Å². The van der Waals surface area contributed by atoms with Crippen molar-refractivity contribution in [3.63, 3.8) is 0 Å². The molecule has 82 valence electrons. The summed E-state index contributed by atoms with van der Waals surface area (Å²) >= 11 is 0. The van der Waals surface area contributed by atoms with E-state index in [9.17, 15) is 0 Å². The molecule has 4 nitrogen and oxygen atoms in total. The molecule has 0 aliphatic carbocycles. The summed E-state index contributed by atoms with van der Waals surface area (Å²) in [5, 5.41) is 7.80. The smallest absolute Gasteiger partial charge is 0.0534 e. The van der Waals surface area contributed by atoms with Crippen molar-refractivity contribution in [2.45, 2.75) is 31.5 Å². The monoisotopic (exact) mass is 206 g/mol. The molecular weight excluding hydrogens is 188 g/mol. The third-order valence-electron chi connectivity index (χ3n) is 3.65. The van der Waals surface area contributed by atoms with Gasteiger partial charge in [0.2, 0.25) is 0 Å². The molecule has 0 amide bonds. The number of likely N-dealkylation sites (tertiary alicyclic amines) is 1. The standard InChI is InChI=1S/C11H18N4/c1-14-7-9(6-13-14)8-15-5-3-10-11(15)2-4-12-10/h6-7,10-12H,2-5,8H2,1H3/t10-,11-/m1/s1. The van der Waals surface area contributed by atoms with Crippen molar-refractivity contribution < 1.29 is 0 Å². The van der Waals surface area contributed by atoms with Gasteiger partial charge in [0.1, 0.15) is 0 Å². The molecule has 0 unspecified atom stereocenters. The summed E-state index contributed by atoms with van der Waals surface area (Å²) in [4.78, 5) is 2.60. The van der Waals surface area contributed by atoms with E-state index in [0.717, 1.165) is 18.6 Å². The van der Waals surface area contributed by atoms with Gasteiger partial charge in [-0.05, 0) is 19.4 Å². The van der Waals surface area contributed by atoms with Crippen LogP contribution in [0.1, 0.15) is 18.4 Å². The predicted octanol–water partition coefficient (Wildman–Crippen LogP) is 0.356. The van der Waals surface area contributed by atoms with Gasteiger partial charge in [0.05, 0.1) is 6.20 Å². The fourth-order valence-electron chi connectivity index (χ4n) is 2.94. The van der Waals surface area contributed by atoms with Crippen LogP contribution in [0, 0.1) is 0 Å². The Bertz CT molecular complexity index is 346. The third-order valence-corrected chi connectivity index (χ3v) is 3.65. The Morgan fingerprint density at radius 1 is 1.53 bits per heavy atom. The van der Waals surface area contributed by atoms with Gasteiger partial charge < -0.3 is 5.32 Å². The van der Waals surface area contributed by atoms with Gasteiger partial charge in [-0.3, -0.25) is 9.58 Å².